The molecule has 0 aromatic heterocycles. The van der Waals surface area contributed by atoms with Crippen LogP contribution in [-0.2, 0) is 16.3 Å². The Balaban J connectivity index is 1.99. The zero-order valence-electron chi connectivity index (χ0n) is 10.3. The number of carbonyl (C=O) groups excluding carboxylic acids is 1. The number of hydrogen-bond acceptors (Lipinski definition) is 3. The second kappa shape index (κ2) is 5.10. The van der Waals surface area contributed by atoms with Crippen molar-refractivity contribution >= 4 is 15.7 Å². The summed E-state index contributed by atoms with van der Waals surface area (Å²) in [5.74, 6) is 0.0400. The fourth-order valence-electron chi connectivity index (χ4n) is 2.07. The van der Waals surface area contributed by atoms with Gasteiger partial charge in [0.25, 0.3) is 5.91 Å². The summed E-state index contributed by atoms with van der Waals surface area (Å²) >= 11 is 0. The first kappa shape index (κ1) is 13.1. The van der Waals surface area contributed by atoms with Gasteiger partial charge in [0.15, 0.2) is 9.84 Å². The van der Waals surface area contributed by atoms with E-state index in [0.29, 0.717) is 12.0 Å². The topological polar surface area (TPSA) is 63.2 Å². The lowest BCUT2D eigenvalue weighted by Crippen LogP contribution is -2.35. The van der Waals surface area contributed by atoms with Crippen molar-refractivity contribution in [1.82, 2.24) is 5.32 Å². The van der Waals surface area contributed by atoms with Crippen LogP contribution in [0.2, 0.25) is 0 Å². The van der Waals surface area contributed by atoms with Gasteiger partial charge in [-0.15, -0.1) is 0 Å². The molecule has 1 heterocycles. The van der Waals surface area contributed by atoms with Gasteiger partial charge in [0.2, 0.25) is 0 Å². The van der Waals surface area contributed by atoms with E-state index < -0.39 is 9.84 Å². The van der Waals surface area contributed by atoms with Gasteiger partial charge in [0.1, 0.15) is 0 Å². The van der Waals surface area contributed by atoms with Crippen LogP contribution < -0.4 is 5.32 Å². The Morgan fingerprint density at radius 3 is 2.50 bits per heavy atom. The Morgan fingerprint density at radius 2 is 2.00 bits per heavy atom. The van der Waals surface area contributed by atoms with E-state index in [-0.39, 0.29) is 23.5 Å². The van der Waals surface area contributed by atoms with Crippen molar-refractivity contribution in [2.24, 2.45) is 0 Å². The Hall–Kier alpha value is -1.36. The predicted molar refractivity (Wildman–Crippen MR) is 70.3 cm³/mol. The Labute approximate surface area is 107 Å². The summed E-state index contributed by atoms with van der Waals surface area (Å²) in [5, 5.41) is 2.77. The number of rotatable bonds is 3. The molecule has 1 aliphatic rings. The molecular formula is C13H17NO3S. The first-order chi connectivity index (χ1) is 8.50. The van der Waals surface area contributed by atoms with E-state index in [1.54, 1.807) is 12.1 Å². The predicted octanol–water partition coefficient (Wildman–Crippen LogP) is 1.17. The second-order valence-electron chi connectivity index (χ2n) is 4.62. The molecule has 1 aromatic carbocycles. The minimum Gasteiger partial charge on any atom is -0.348 e. The molecule has 1 amide bonds. The van der Waals surface area contributed by atoms with Crippen LogP contribution in [0.25, 0.3) is 0 Å². The van der Waals surface area contributed by atoms with Crippen LogP contribution in [0.15, 0.2) is 24.3 Å². The Morgan fingerprint density at radius 1 is 1.33 bits per heavy atom. The lowest BCUT2D eigenvalue weighted by Gasteiger charge is -2.10. The zero-order chi connectivity index (χ0) is 13.2. The van der Waals surface area contributed by atoms with Gasteiger partial charge >= 0.3 is 0 Å². The highest BCUT2D eigenvalue weighted by Crippen LogP contribution is 2.12. The van der Waals surface area contributed by atoms with Gasteiger partial charge in [-0.3, -0.25) is 4.79 Å². The number of carbonyl (C=O) groups is 1. The van der Waals surface area contributed by atoms with Crippen molar-refractivity contribution in [3.8, 4) is 0 Å². The fraction of sp³-hybridized carbons (Fsp3) is 0.462. The molecule has 1 aliphatic heterocycles. The monoisotopic (exact) mass is 267 g/mol. The molecule has 2 rings (SSSR count). The summed E-state index contributed by atoms with van der Waals surface area (Å²) in [7, 11) is -2.95. The largest absolute Gasteiger partial charge is 0.348 e. The van der Waals surface area contributed by atoms with Crippen LogP contribution in [0.4, 0.5) is 0 Å². The Kier molecular flexibility index (Phi) is 3.71. The average Bonchev–Trinajstić information content (AvgIpc) is 2.68. The molecule has 98 valence electrons. The number of sulfone groups is 1. The highest BCUT2D eigenvalue weighted by molar-refractivity contribution is 7.91. The maximum Gasteiger partial charge on any atom is 0.251 e. The minimum atomic E-state index is -2.95. The molecule has 1 N–H and O–H groups in total. The number of nitrogens with one attached hydrogen (secondary N) is 1. The van der Waals surface area contributed by atoms with Crippen LogP contribution in [0.3, 0.4) is 0 Å². The van der Waals surface area contributed by atoms with E-state index >= 15 is 0 Å². The molecular weight excluding hydrogens is 250 g/mol. The van der Waals surface area contributed by atoms with Crippen LogP contribution >= 0.6 is 0 Å². The normalized spacial score (nSPS) is 21.7. The average molecular weight is 267 g/mol. The molecule has 1 unspecified atom stereocenters. The van der Waals surface area contributed by atoms with E-state index in [2.05, 4.69) is 12.2 Å². The van der Waals surface area contributed by atoms with Gasteiger partial charge < -0.3 is 5.32 Å². The van der Waals surface area contributed by atoms with Gasteiger partial charge in [0, 0.05) is 11.6 Å². The third-order valence-corrected chi connectivity index (χ3v) is 4.96. The standard InChI is InChI=1S/C13H17NO3S/c1-2-10-3-5-11(6-4-10)13(15)14-12-7-8-18(16,17)9-12/h3-6,12H,2,7-9H2,1H3,(H,14,15). The van der Waals surface area contributed by atoms with Gasteiger partial charge in [-0.05, 0) is 30.5 Å². The first-order valence-corrected chi connectivity index (χ1v) is 7.92. The minimum absolute atomic E-state index is 0.0613. The highest BCUT2D eigenvalue weighted by Gasteiger charge is 2.28. The molecule has 1 atom stereocenters. The van der Waals surface area contributed by atoms with Gasteiger partial charge in [-0.25, -0.2) is 8.42 Å². The summed E-state index contributed by atoms with van der Waals surface area (Å²) in [5.41, 5.74) is 1.76. The van der Waals surface area contributed by atoms with Crippen molar-refractivity contribution in [2.45, 2.75) is 25.8 Å². The zero-order valence-corrected chi connectivity index (χ0v) is 11.2. The van der Waals surface area contributed by atoms with Crippen molar-refractivity contribution in [1.29, 1.82) is 0 Å². The lowest BCUT2D eigenvalue weighted by atomic mass is 10.1. The molecule has 0 radical (unpaired) electrons. The summed E-state index contributed by atoms with van der Waals surface area (Å²) < 4.78 is 22.6. The van der Waals surface area contributed by atoms with E-state index in [9.17, 15) is 13.2 Å². The molecule has 0 spiro atoms. The first-order valence-electron chi connectivity index (χ1n) is 6.10. The SMILES string of the molecule is CCc1ccc(C(=O)NC2CCS(=O)(=O)C2)cc1. The van der Waals surface area contributed by atoms with Crippen molar-refractivity contribution < 1.29 is 13.2 Å². The van der Waals surface area contributed by atoms with Crippen LogP contribution in [0.1, 0.15) is 29.3 Å². The van der Waals surface area contributed by atoms with Gasteiger partial charge in [0.05, 0.1) is 11.5 Å². The van der Waals surface area contributed by atoms with Crippen LogP contribution in [0, 0.1) is 0 Å². The molecule has 0 bridgehead atoms. The van der Waals surface area contributed by atoms with Gasteiger partial charge in [-0.1, -0.05) is 19.1 Å². The highest BCUT2D eigenvalue weighted by atomic mass is 32.2. The molecule has 1 aromatic rings. The van der Waals surface area contributed by atoms with Crippen LogP contribution in [0.5, 0.6) is 0 Å². The summed E-state index contributed by atoms with van der Waals surface area (Å²) in [6, 6.07) is 7.14. The number of aryl methyl sites for hydroxylation is 1. The third kappa shape index (κ3) is 3.10. The smallest absolute Gasteiger partial charge is 0.251 e. The quantitative estimate of drug-likeness (QED) is 0.894. The Bertz CT molecular complexity index is 534. The van der Waals surface area contributed by atoms with Crippen molar-refractivity contribution in [2.75, 3.05) is 11.5 Å². The molecule has 4 nitrogen and oxygen atoms in total. The summed E-state index contributed by atoms with van der Waals surface area (Å²) in [6.45, 7) is 2.05. The summed E-state index contributed by atoms with van der Waals surface area (Å²) in [4.78, 5) is 11.9. The van der Waals surface area contributed by atoms with E-state index in [1.807, 2.05) is 12.1 Å². The maximum atomic E-state index is 11.9. The second-order valence-corrected chi connectivity index (χ2v) is 6.85. The number of hydrogen-bond donors (Lipinski definition) is 1. The molecule has 18 heavy (non-hydrogen) atoms. The molecule has 5 heteroatoms. The van der Waals surface area contributed by atoms with E-state index in [0.717, 1.165) is 6.42 Å². The van der Waals surface area contributed by atoms with Crippen molar-refractivity contribution in [3.05, 3.63) is 35.4 Å². The molecule has 0 saturated carbocycles. The lowest BCUT2D eigenvalue weighted by molar-refractivity contribution is 0.0941. The summed E-state index contributed by atoms with van der Waals surface area (Å²) in [6.07, 6.45) is 1.45. The van der Waals surface area contributed by atoms with E-state index in [4.69, 9.17) is 0 Å². The molecule has 0 aliphatic carbocycles. The number of amides is 1. The molecule has 1 fully saturated rings. The maximum absolute atomic E-state index is 11.9. The van der Waals surface area contributed by atoms with Crippen molar-refractivity contribution in [3.63, 3.8) is 0 Å². The fourth-order valence-corrected chi connectivity index (χ4v) is 3.74. The van der Waals surface area contributed by atoms with Gasteiger partial charge in [-0.2, -0.15) is 0 Å². The third-order valence-electron chi connectivity index (χ3n) is 3.19. The number of benzene rings is 1. The molecule has 1 saturated heterocycles. The van der Waals surface area contributed by atoms with E-state index in [1.165, 1.54) is 5.56 Å². The van der Waals surface area contributed by atoms with Crippen LogP contribution in [-0.4, -0.2) is 31.9 Å².